The molecule has 4 heteroatoms. The Morgan fingerprint density at radius 3 is 2.69 bits per heavy atom. The van der Waals surface area contributed by atoms with Gasteiger partial charge in [0.1, 0.15) is 5.82 Å². The maximum Gasteiger partial charge on any atom is 0.243 e. The van der Waals surface area contributed by atoms with Gasteiger partial charge in [0, 0.05) is 12.2 Å². The molecule has 1 aromatic carbocycles. The summed E-state index contributed by atoms with van der Waals surface area (Å²) in [6, 6.07) is 5.44. The van der Waals surface area contributed by atoms with Gasteiger partial charge in [-0.3, -0.25) is 4.79 Å². The molecule has 0 aliphatic rings. The van der Waals surface area contributed by atoms with Crippen molar-refractivity contribution < 1.29 is 9.18 Å². The van der Waals surface area contributed by atoms with Gasteiger partial charge < -0.3 is 10.6 Å². The van der Waals surface area contributed by atoms with Crippen molar-refractivity contribution in [2.75, 3.05) is 11.4 Å². The molecule has 0 heterocycles. The van der Waals surface area contributed by atoms with Gasteiger partial charge in [-0.05, 0) is 31.5 Å². The van der Waals surface area contributed by atoms with Crippen molar-refractivity contribution in [2.45, 2.75) is 26.3 Å². The van der Waals surface area contributed by atoms with Gasteiger partial charge >= 0.3 is 0 Å². The molecular weight excluding hydrogens is 207 g/mol. The van der Waals surface area contributed by atoms with Gasteiger partial charge in [0.15, 0.2) is 0 Å². The first-order valence-corrected chi connectivity index (χ1v) is 5.42. The molecule has 0 aromatic heterocycles. The minimum Gasteiger partial charge on any atom is -0.320 e. The average Bonchev–Trinajstić information content (AvgIpc) is 2.29. The van der Waals surface area contributed by atoms with Crippen LogP contribution in [0.15, 0.2) is 24.3 Å². The van der Waals surface area contributed by atoms with E-state index in [1.165, 1.54) is 17.0 Å². The average molecular weight is 224 g/mol. The molecule has 0 bridgehead atoms. The highest BCUT2D eigenvalue weighted by Gasteiger charge is 2.19. The molecule has 0 radical (unpaired) electrons. The van der Waals surface area contributed by atoms with Crippen molar-refractivity contribution in [2.24, 2.45) is 5.73 Å². The molecule has 3 nitrogen and oxygen atoms in total. The van der Waals surface area contributed by atoms with Gasteiger partial charge in [-0.1, -0.05) is 13.0 Å². The van der Waals surface area contributed by atoms with E-state index in [9.17, 15) is 9.18 Å². The lowest BCUT2D eigenvalue weighted by Gasteiger charge is -2.23. The summed E-state index contributed by atoms with van der Waals surface area (Å²) in [4.78, 5) is 13.4. The lowest BCUT2D eigenvalue weighted by molar-refractivity contribution is -0.119. The zero-order valence-electron chi connectivity index (χ0n) is 9.61. The minimum absolute atomic E-state index is 0.171. The first-order chi connectivity index (χ1) is 7.60. The fourth-order valence-electron chi connectivity index (χ4n) is 1.48. The SMILES string of the molecule is CC[C@@H](N)C(=O)N(CC)c1cccc(F)c1. The molecule has 0 fully saturated rings. The largest absolute Gasteiger partial charge is 0.320 e. The van der Waals surface area contributed by atoms with Crippen LogP contribution < -0.4 is 10.6 Å². The third-order valence-corrected chi connectivity index (χ3v) is 2.46. The normalized spacial score (nSPS) is 12.2. The van der Waals surface area contributed by atoms with Gasteiger partial charge in [0.25, 0.3) is 0 Å². The zero-order chi connectivity index (χ0) is 12.1. The third kappa shape index (κ3) is 2.79. The van der Waals surface area contributed by atoms with Crippen LogP contribution in [0.5, 0.6) is 0 Å². The molecule has 0 saturated carbocycles. The molecular formula is C12H17FN2O. The smallest absolute Gasteiger partial charge is 0.243 e. The summed E-state index contributed by atoms with van der Waals surface area (Å²) in [5, 5.41) is 0. The highest BCUT2D eigenvalue weighted by Crippen LogP contribution is 2.16. The van der Waals surface area contributed by atoms with E-state index >= 15 is 0 Å². The van der Waals surface area contributed by atoms with E-state index in [2.05, 4.69) is 0 Å². The van der Waals surface area contributed by atoms with Crippen molar-refractivity contribution in [3.63, 3.8) is 0 Å². The second-order valence-corrected chi connectivity index (χ2v) is 3.58. The number of likely N-dealkylation sites (N-methyl/N-ethyl adjacent to an activating group) is 1. The number of hydrogen-bond donors (Lipinski definition) is 1. The predicted molar refractivity (Wildman–Crippen MR) is 62.7 cm³/mol. The second-order valence-electron chi connectivity index (χ2n) is 3.58. The Hall–Kier alpha value is -1.42. The van der Waals surface area contributed by atoms with Crippen LogP contribution in [0.1, 0.15) is 20.3 Å². The third-order valence-electron chi connectivity index (χ3n) is 2.46. The summed E-state index contributed by atoms with van der Waals surface area (Å²) in [6.45, 7) is 4.17. The van der Waals surface area contributed by atoms with Crippen LogP contribution in [-0.4, -0.2) is 18.5 Å². The maximum absolute atomic E-state index is 13.0. The summed E-state index contributed by atoms with van der Waals surface area (Å²) in [5.74, 6) is -0.524. The first kappa shape index (κ1) is 12.6. The number of carbonyl (C=O) groups is 1. The molecule has 0 spiro atoms. The Labute approximate surface area is 95.0 Å². The van der Waals surface area contributed by atoms with Crippen molar-refractivity contribution in [1.82, 2.24) is 0 Å². The summed E-state index contributed by atoms with van der Waals surface area (Å²) in [6.07, 6.45) is 0.574. The predicted octanol–water partition coefficient (Wildman–Crippen LogP) is 1.92. The van der Waals surface area contributed by atoms with Crippen LogP contribution >= 0.6 is 0 Å². The van der Waals surface area contributed by atoms with Crippen molar-refractivity contribution >= 4 is 11.6 Å². The molecule has 0 aliphatic carbocycles. The number of nitrogens with zero attached hydrogens (tertiary/aromatic N) is 1. The summed E-state index contributed by atoms with van der Waals surface area (Å²) < 4.78 is 13.0. The van der Waals surface area contributed by atoms with E-state index in [4.69, 9.17) is 5.73 Å². The molecule has 1 amide bonds. The monoisotopic (exact) mass is 224 g/mol. The highest BCUT2D eigenvalue weighted by molar-refractivity contribution is 5.96. The Morgan fingerprint density at radius 2 is 2.19 bits per heavy atom. The highest BCUT2D eigenvalue weighted by atomic mass is 19.1. The van der Waals surface area contributed by atoms with Gasteiger partial charge in [-0.25, -0.2) is 4.39 Å². The Kier molecular flexibility index (Phi) is 4.43. The van der Waals surface area contributed by atoms with E-state index in [0.29, 0.717) is 18.7 Å². The van der Waals surface area contributed by atoms with Crippen molar-refractivity contribution in [3.8, 4) is 0 Å². The van der Waals surface area contributed by atoms with Crippen LogP contribution in [0.4, 0.5) is 10.1 Å². The number of halogens is 1. The van der Waals surface area contributed by atoms with Crippen LogP contribution in [0, 0.1) is 5.82 Å². The number of carbonyl (C=O) groups excluding carboxylic acids is 1. The maximum atomic E-state index is 13.0. The number of hydrogen-bond acceptors (Lipinski definition) is 2. The quantitative estimate of drug-likeness (QED) is 0.849. The molecule has 16 heavy (non-hydrogen) atoms. The number of amides is 1. The molecule has 2 N–H and O–H groups in total. The van der Waals surface area contributed by atoms with Gasteiger partial charge in [0.05, 0.1) is 6.04 Å². The number of benzene rings is 1. The second kappa shape index (κ2) is 5.61. The van der Waals surface area contributed by atoms with E-state index in [1.807, 2.05) is 13.8 Å². The van der Waals surface area contributed by atoms with E-state index in [0.717, 1.165) is 0 Å². The van der Waals surface area contributed by atoms with Crippen LogP contribution in [-0.2, 0) is 4.79 Å². The van der Waals surface area contributed by atoms with Gasteiger partial charge in [-0.15, -0.1) is 0 Å². The molecule has 88 valence electrons. The molecule has 0 unspecified atom stereocenters. The number of rotatable bonds is 4. The van der Waals surface area contributed by atoms with Crippen LogP contribution in [0.25, 0.3) is 0 Å². The summed E-state index contributed by atoms with van der Waals surface area (Å²) >= 11 is 0. The fraction of sp³-hybridized carbons (Fsp3) is 0.417. The minimum atomic E-state index is -0.525. The number of nitrogens with two attached hydrogens (primary N) is 1. The molecule has 0 aliphatic heterocycles. The van der Waals surface area contributed by atoms with Gasteiger partial charge in [-0.2, -0.15) is 0 Å². The molecule has 1 aromatic rings. The van der Waals surface area contributed by atoms with E-state index in [1.54, 1.807) is 12.1 Å². The molecule has 1 rings (SSSR count). The van der Waals surface area contributed by atoms with E-state index < -0.39 is 6.04 Å². The molecule has 0 saturated heterocycles. The Balaban J connectivity index is 2.94. The Morgan fingerprint density at radius 1 is 1.50 bits per heavy atom. The van der Waals surface area contributed by atoms with Crippen LogP contribution in [0.3, 0.4) is 0 Å². The van der Waals surface area contributed by atoms with Crippen LogP contribution in [0.2, 0.25) is 0 Å². The van der Waals surface area contributed by atoms with E-state index in [-0.39, 0.29) is 11.7 Å². The molecule has 1 atom stereocenters. The van der Waals surface area contributed by atoms with Crippen molar-refractivity contribution in [1.29, 1.82) is 0 Å². The zero-order valence-corrected chi connectivity index (χ0v) is 9.61. The van der Waals surface area contributed by atoms with Crippen molar-refractivity contribution in [3.05, 3.63) is 30.1 Å². The fourth-order valence-corrected chi connectivity index (χ4v) is 1.48. The van der Waals surface area contributed by atoms with Gasteiger partial charge in [0.2, 0.25) is 5.91 Å². The topological polar surface area (TPSA) is 46.3 Å². The first-order valence-electron chi connectivity index (χ1n) is 5.42. The lowest BCUT2D eigenvalue weighted by Crippen LogP contribution is -2.43. The summed E-state index contributed by atoms with van der Waals surface area (Å²) in [5.41, 5.74) is 6.24. The summed E-state index contributed by atoms with van der Waals surface area (Å²) in [7, 11) is 0. The standard InChI is InChI=1S/C12H17FN2O/c1-3-11(14)12(16)15(4-2)10-7-5-6-9(13)8-10/h5-8,11H,3-4,14H2,1-2H3/t11-/m1/s1. The lowest BCUT2D eigenvalue weighted by atomic mass is 10.2. The Bertz CT molecular complexity index is 368. The number of anilines is 1.